The molecule has 0 radical (unpaired) electrons. The quantitative estimate of drug-likeness (QED) is 0.521. The lowest BCUT2D eigenvalue weighted by molar-refractivity contribution is -0.136. The van der Waals surface area contributed by atoms with Crippen LogP contribution in [-0.2, 0) is 23.8 Å². The fourth-order valence-corrected chi connectivity index (χ4v) is 6.76. The van der Waals surface area contributed by atoms with Gasteiger partial charge in [-0.25, -0.2) is 13.2 Å². The number of carbonyl (C=O) groups excluding carboxylic acids is 1. The standard InChI is InChI=1S/C23H33NO5SSi/c1-23(2,3)31(5,6)29-19-13-12-18(22(25)28-4)17-14-15-24-21(20(17)19)30(26,27)16-10-8-7-9-11-16/h7-12,17,21,24H,13-15H2,1-6H3. The average molecular weight is 464 g/mol. The third-order valence-corrected chi connectivity index (χ3v) is 13.0. The van der Waals surface area contributed by atoms with Crippen LogP contribution < -0.4 is 5.32 Å². The zero-order valence-corrected chi connectivity index (χ0v) is 21.0. The lowest BCUT2D eigenvalue weighted by Gasteiger charge is -2.42. The highest BCUT2D eigenvalue weighted by Gasteiger charge is 2.46. The second-order valence-electron chi connectivity index (χ2n) is 9.63. The number of ether oxygens (including phenoxy) is 1. The Balaban J connectivity index is 2.14. The molecule has 31 heavy (non-hydrogen) atoms. The SMILES string of the molecule is COC(=O)C1=CCC(O[Si](C)(C)C(C)(C)C)=C2C1CCNC2S(=O)(=O)c1ccccc1. The van der Waals surface area contributed by atoms with Gasteiger partial charge in [0.05, 0.1) is 17.8 Å². The number of fused-ring (bicyclic) bond motifs is 1. The van der Waals surface area contributed by atoms with Crippen LogP contribution in [0.25, 0.3) is 0 Å². The normalized spacial score (nSPS) is 22.5. The van der Waals surface area contributed by atoms with Crippen molar-refractivity contribution in [2.24, 2.45) is 5.92 Å². The Kier molecular flexibility index (Phi) is 6.56. The summed E-state index contributed by atoms with van der Waals surface area (Å²) in [7, 11) is -4.59. The minimum Gasteiger partial charge on any atom is -0.546 e. The third-order valence-electron chi connectivity index (χ3n) is 6.61. The number of esters is 1. The van der Waals surface area contributed by atoms with Crippen LogP contribution in [-0.4, -0.2) is 41.7 Å². The molecule has 0 saturated carbocycles. The van der Waals surface area contributed by atoms with Gasteiger partial charge < -0.3 is 9.16 Å². The zero-order valence-electron chi connectivity index (χ0n) is 19.2. The fraction of sp³-hybridized carbons (Fsp3) is 0.522. The fourth-order valence-electron chi connectivity index (χ4n) is 3.86. The summed E-state index contributed by atoms with van der Waals surface area (Å²) in [4.78, 5) is 12.7. The summed E-state index contributed by atoms with van der Waals surface area (Å²) in [5.41, 5.74) is 1.18. The molecule has 1 aliphatic carbocycles. The smallest absolute Gasteiger partial charge is 0.334 e. The Morgan fingerprint density at radius 3 is 2.39 bits per heavy atom. The predicted molar refractivity (Wildman–Crippen MR) is 124 cm³/mol. The number of nitrogens with one attached hydrogen (secondary N) is 1. The van der Waals surface area contributed by atoms with Crippen LogP contribution in [0.1, 0.15) is 33.6 Å². The molecule has 1 heterocycles. The first kappa shape index (κ1) is 23.8. The van der Waals surface area contributed by atoms with Crippen molar-refractivity contribution in [3.8, 4) is 0 Å². The van der Waals surface area contributed by atoms with Gasteiger partial charge in [0.1, 0.15) is 5.37 Å². The number of hydrogen-bond donors (Lipinski definition) is 1. The van der Waals surface area contributed by atoms with E-state index < -0.39 is 29.5 Å². The molecule has 1 aliphatic heterocycles. The van der Waals surface area contributed by atoms with Crippen molar-refractivity contribution in [3.05, 3.63) is 53.3 Å². The summed E-state index contributed by atoms with van der Waals surface area (Å²) < 4.78 is 38.9. The average Bonchev–Trinajstić information content (AvgIpc) is 2.72. The highest BCUT2D eigenvalue weighted by Crippen LogP contribution is 2.44. The van der Waals surface area contributed by atoms with E-state index in [2.05, 4.69) is 39.2 Å². The maximum Gasteiger partial charge on any atom is 0.334 e. The van der Waals surface area contributed by atoms with Crippen LogP contribution in [0.15, 0.2) is 58.2 Å². The number of benzene rings is 1. The van der Waals surface area contributed by atoms with Crippen LogP contribution in [0.5, 0.6) is 0 Å². The van der Waals surface area contributed by atoms with E-state index in [9.17, 15) is 13.2 Å². The number of carbonyl (C=O) groups is 1. The summed E-state index contributed by atoms with van der Waals surface area (Å²) >= 11 is 0. The summed E-state index contributed by atoms with van der Waals surface area (Å²) in [5.74, 6) is -0.0710. The predicted octanol–water partition coefficient (Wildman–Crippen LogP) is 4.17. The molecule has 3 rings (SSSR count). The van der Waals surface area contributed by atoms with Gasteiger partial charge >= 0.3 is 5.97 Å². The molecule has 0 bridgehead atoms. The molecule has 1 aromatic rings. The van der Waals surface area contributed by atoms with Gasteiger partial charge in [-0.3, -0.25) is 5.32 Å². The first-order valence-electron chi connectivity index (χ1n) is 10.6. The third kappa shape index (κ3) is 4.52. The number of rotatable bonds is 5. The van der Waals surface area contributed by atoms with E-state index >= 15 is 0 Å². The van der Waals surface area contributed by atoms with Gasteiger partial charge in [-0.15, -0.1) is 0 Å². The van der Waals surface area contributed by atoms with E-state index in [0.717, 1.165) is 0 Å². The van der Waals surface area contributed by atoms with Crippen LogP contribution in [0, 0.1) is 5.92 Å². The molecule has 1 saturated heterocycles. The Bertz CT molecular complexity index is 1010. The first-order chi connectivity index (χ1) is 14.4. The Morgan fingerprint density at radius 2 is 1.81 bits per heavy atom. The van der Waals surface area contributed by atoms with E-state index in [4.69, 9.17) is 9.16 Å². The zero-order chi connectivity index (χ0) is 23.0. The lowest BCUT2D eigenvalue weighted by Crippen LogP contribution is -2.49. The number of allylic oxidation sites excluding steroid dienone is 1. The largest absolute Gasteiger partial charge is 0.546 e. The Hall–Kier alpha value is -1.90. The van der Waals surface area contributed by atoms with Crippen molar-refractivity contribution in [1.82, 2.24) is 5.32 Å². The van der Waals surface area contributed by atoms with Crippen molar-refractivity contribution in [1.29, 1.82) is 0 Å². The molecule has 170 valence electrons. The van der Waals surface area contributed by atoms with E-state index in [1.165, 1.54) is 7.11 Å². The molecular weight excluding hydrogens is 430 g/mol. The number of piperidine rings is 1. The van der Waals surface area contributed by atoms with Gasteiger partial charge in [0, 0.05) is 23.5 Å². The van der Waals surface area contributed by atoms with Crippen molar-refractivity contribution in [2.75, 3.05) is 13.7 Å². The minimum absolute atomic E-state index is 0.0434. The van der Waals surface area contributed by atoms with Gasteiger partial charge in [0.15, 0.2) is 9.84 Å². The second kappa shape index (κ2) is 8.56. The van der Waals surface area contributed by atoms with Gasteiger partial charge in [-0.1, -0.05) is 45.0 Å². The molecule has 6 nitrogen and oxygen atoms in total. The molecule has 2 aliphatic rings. The molecular formula is C23H33NO5SSi. The molecule has 0 spiro atoms. The molecule has 2 unspecified atom stereocenters. The molecule has 1 N–H and O–H groups in total. The van der Waals surface area contributed by atoms with Crippen LogP contribution in [0.3, 0.4) is 0 Å². The summed E-state index contributed by atoms with van der Waals surface area (Å²) in [6.07, 6.45) is 2.84. The van der Waals surface area contributed by atoms with Crippen molar-refractivity contribution in [3.63, 3.8) is 0 Å². The molecule has 2 atom stereocenters. The Labute approximate surface area is 186 Å². The van der Waals surface area contributed by atoms with Gasteiger partial charge in [0.25, 0.3) is 0 Å². The molecule has 1 fully saturated rings. The number of sulfone groups is 1. The second-order valence-corrected chi connectivity index (χ2v) is 16.4. The number of methoxy groups -OCH3 is 1. The summed E-state index contributed by atoms with van der Waals surface area (Å²) in [6.45, 7) is 11.2. The maximum absolute atomic E-state index is 13.6. The molecule has 1 aromatic carbocycles. The highest BCUT2D eigenvalue weighted by atomic mass is 32.2. The first-order valence-corrected chi connectivity index (χ1v) is 15.1. The van der Waals surface area contributed by atoms with Gasteiger partial charge in [0.2, 0.25) is 8.32 Å². The lowest BCUT2D eigenvalue weighted by atomic mass is 9.80. The van der Waals surface area contributed by atoms with Crippen molar-refractivity contribution < 1.29 is 22.4 Å². The maximum atomic E-state index is 13.6. The minimum atomic E-state index is -3.73. The van der Waals surface area contributed by atoms with Crippen LogP contribution in [0.2, 0.25) is 18.1 Å². The summed E-state index contributed by atoms with van der Waals surface area (Å²) in [6, 6.07) is 8.44. The van der Waals surface area contributed by atoms with Gasteiger partial charge in [-0.2, -0.15) is 0 Å². The van der Waals surface area contributed by atoms with E-state index in [1.807, 2.05) is 6.08 Å². The van der Waals surface area contributed by atoms with E-state index in [1.54, 1.807) is 30.3 Å². The summed E-state index contributed by atoms with van der Waals surface area (Å²) in [5, 5.41) is 2.21. The highest BCUT2D eigenvalue weighted by molar-refractivity contribution is 7.92. The van der Waals surface area contributed by atoms with E-state index in [0.29, 0.717) is 36.3 Å². The van der Waals surface area contributed by atoms with E-state index in [-0.39, 0.29) is 15.9 Å². The van der Waals surface area contributed by atoms with Crippen molar-refractivity contribution >= 4 is 24.1 Å². The molecule has 0 aromatic heterocycles. The topological polar surface area (TPSA) is 81.7 Å². The molecule has 8 heteroatoms. The van der Waals surface area contributed by atoms with Gasteiger partial charge in [-0.05, 0) is 43.2 Å². The van der Waals surface area contributed by atoms with Crippen LogP contribution >= 0.6 is 0 Å². The Morgan fingerprint density at radius 1 is 1.16 bits per heavy atom. The van der Waals surface area contributed by atoms with Crippen LogP contribution in [0.4, 0.5) is 0 Å². The monoisotopic (exact) mass is 463 g/mol. The number of hydrogen-bond acceptors (Lipinski definition) is 6. The molecule has 0 amide bonds. The van der Waals surface area contributed by atoms with Crippen molar-refractivity contribution in [2.45, 2.75) is 62.0 Å².